The highest BCUT2D eigenvalue weighted by Crippen LogP contribution is 2.23. The fourth-order valence-electron chi connectivity index (χ4n) is 2.91. The molecule has 3 aromatic carbocycles. The third-order valence-corrected chi connectivity index (χ3v) is 5.11. The van der Waals surface area contributed by atoms with Crippen molar-refractivity contribution in [1.82, 2.24) is 5.32 Å². The van der Waals surface area contributed by atoms with E-state index in [9.17, 15) is 0 Å². The van der Waals surface area contributed by atoms with Gasteiger partial charge in [0.25, 0.3) is 0 Å². The van der Waals surface area contributed by atoms with Crippen LogP contribution >= 0.6 is 23.2 Å². The van der Waals surface area contributed by atoms with E-state index in [-0.39, 0.29) is 0 Å². The molecule has 0 amide bonds. The highest BCUT2D eigenvalue weighted by atomic mass is 35.5. The van der Waals surface area contributed by atoms with Gasteiger partial charge in [0.2, 0.25) is 0 Å². The molecule has 0 saturated heterocycles. The van der Waals surface area contributed by atoms with Crippen molar-refractivity contribution < 1.29 is 0 Å². The Balaban J connectivity index is 1.57. The maximum Gasteiger partial charge on any atom is 0.0595 e. The van der Waals surface area contributed by atoms with Gasteiger partial charge in [-0.2, -0.15) is 0 Å². The summed E-state index contributed by atoms with van der Waals surface area (Å²) in [5.41, 5.74) is 2.57. The number of hydrogen-bond donors (Lipinski definition) is 1. The van der Waals surface area contributed by atoms with Gasteiger partial charge in [-0.3, -0.25) is 0 Å². The van der Waals surface area contributed by atoms with Gasteiger partial charge in [0.05, 0.1) is 10.0 Å². The first-order valence-corrected chi connectivity index (χ1v) is 9.03. The highest BCUT2D eigenvalue weighted by Gasteiger charge is 2.06. The fraction of sp³-hybridized carbons (Fsp3) is 0.238. The molecule has 0 aliphatic rings. The summed E-state index contributed by atoms with van der Waals surface area (Å²) in [5.74, 6) is 0. The molecule has 0 bridgehead atoms. The van der Waals surface area contributed by atoms with Gasteiger partial charge in [0.1, 0.15) is 0 Å². The van der Waals surface area contributed by atoms with Crippen molar-refractivity contribution >= 4 is 34.0 Å². The largest absolute Gasteiger partial charge is 0.310 e. The van der Waals surface area contributed by atoms with Gasteiger partial charge in [0, 0.05) is 12.6 Å². The number of halogens is 2. The lowest BCUT2D eigenvalue weighted by Gasteiger charge is -2.15. The van der Waals surface area contributed by atoms with Crippen molar-refractivity contribution in [2.45, 2.75) is 32.4 Å². The zero-order valence-corrected chi connectivity index (χ0v) is 15.2. The minimum Gasteiger partial charge on any atom is -0.310 e. The van der Waals surface area contributed by atoms with Crippen LogP contribution in [0.15, 0.2) is 60.7 Å². The summed E-state index contributed by atoms with van der Waals surface area (Å²) in [6.07, 6.45) is 2.04. The van der Waals surface area contributed by atoms with Crippen LogP contribution in [0.4, 0.5) is 0 Å². The second kappa shape index (κ2) is 8.02. The number of nitrogens with one attached hydrogen (secondary N) is 1. The van der Waals surface area contributed by atoms with Gasteiger partial charge >= 0.3 is 0 Å². The molecule has 0 aromatic heterocycles. The minimum atomic E-state index is 0.429. The Labute approximate surface area is 153 Å². The van der Waals surface area contributed by atoms with E-state index >= 15 is 0 Å². The molecule has 3 rings (SSSR count). The predicted octanol–water partition coefficient (Wildman–Crippen LogP) is 6.26. The normalized spacial score (nSPS) is 12.5. The van der Waals surface area contributed by atoms with Gasteiger partial charge in [-0.1, -0.05) is 71.7 Å². The molecule has 0 aliphatic carbocycles. The summed E-state index contributed by atoms with van der Waals surface area (Å²) in [4.78, 5) is 0. The second-order valence-electron chi connectivity index (χ2n) is 6.21. The van der Waals surface area contributed by atoms with Crippen molar-refractivity contribution in [3.05, 3.63) is 81.8 Å². The molecule has 0 aliphatic heterocycles. The van der Waals surface area contributed by atoms with E-state index in [4.69, 9.17) is 23.2 Å². The predicted molar refractivity (Wildman–Crippen MR) is 105 cm³/mol. The Bertz CT molecular complexity index is 824. The van der Waals surface area contributed by atoms with Crippen molar-refractivity contribution in [3.8, 4) is 0 Å². The molecule has 0 radical (unpaired) electrons. The first-order chi connectivity index (χ1) is 11.6. The van der Waals surface area contributed by atoms with E-state index in [1.54, 1.807) is 0 Å². The van der Waals surface area contributed by atoms with E-state index in [2.05, 4.69) is 54.7 Å². The molecule has 3 aromatic rings. The summed E-state index contributed by atoms with van der Waals surface area (Å²) in [7, 11) is 0. The summed E-state index contributed by atoms with van der Waals surface area (Å²) < 4.78 is 0. The summed E-state index contributed by atoms with van der Waals surface area (Å²) in [5, 5.41) is 7.49. The molecule has 1 N–H and O–H groups in total. The van der Waals surface area contributed by atoms with Crippen LogP contribution in [0.5, 0.6) is 0 Å². The number of aryl methyl sites for hydroxylation is 1. The molecule has 1 unspecified atom stereocenters. The number of benzene rings is 3. The molecular weight excluding hydrogens is 337 g/mol. The lowest BCUT2D eigenvalue weighted by molar-refractivity contribution is 0.515. The second-order valence-corrected chi connectivity index (χ2v) is 7.02. The molecule has 1 atom stereocenters. The third-order valence-electron chi connectivity index (χ3n) is 4.37. The Hall–Kier alpha value is -1.54. The van der Waals surface area contributed by atoms with Crippen LogP contribution in [-0.2, 0) is 13.0 Å². The van der Waals surface area contributed by atoms with Crippen molar-refractivity contribution in [2.24, 2.45) is 0 Å². The molecule has 0 fully saturated rings. The number of hydrogen-bond acceptors (Lipinski definition) is 1. The van der Waals surface area contributed by atoms with E-state index in [1.165, 1.54) is 21.9 Å². The minimum absolute atomic E-state index is 0.429. The van der Waals surface area contributed by atoms with Crippen molar-refractivity contribution in [3.63, 3.8) is 0 Å². The molecule has 3 heteroatoms. The van der Waals surface area contributed by atoms with Crippen LogP contribution in [0.2, 0.25) is 10.0 Å². The van der Waals surface area contributed by atoms with Gasteiger partial charge in [0.15, 0.2) is 0 Å². The van der Waals surface area contributed by atoms with Crippen molar-refractivity contribution in [1.29, 1.82) is 0 Å². The molecule has 24 heavy (non-hydrogen) atoms. The average Bonchev–Trinajstić information content (AvgIpc) is 2.61. The van der Waals surface area contributed by atoms with E-state index in [1.807, 2.05) is 18.2 Å². The Morgan fingerprint density at radius 3 is 2.54 bits per heavy atom. The number of fused-ring (bicyclic) bond motifs is 1. The molecule has 1 nitrogen and oxygen atoms in total. The van der Waals surface area contributed by atoms with Crippen LogP contribution in [-0.4, -0.2) is 6.04 Å². The third kappa shape index (κ3) is 4.30. The van der Waals surface area contributed by atoms with E-state index < -0.39 is 0 Å². The average molecular weight is 358 g/mol. The van der Waals surface area contributed by atoms with Crippen molar-refractivity contribution in [2.75, 3.05) is 0 Å². The van der Waals surface area contributed by atoms with Crippen LogP contribution < -0.4 is 5.32 Å². The molecule has 0 saturated carbocycles. The van der Waals surface area contributed by atoms with E-state index in [0.29, 0.717) is 16.1 Å². The SMILES string of the molecule is CC(CCc1ccc(Cl)c(Cl)c1)NCc1cccc2ccccc12. The summed E-state index contributed by atoms with van der Waals surface area (Å²) in [6.45, 7) is 3.10. The smallest absolute Gasteiger partial charge is 0.0595 e. The highest BCUT2D eigenvalue weighted by molar-refractivity contribution is 6.42. The van der Waals surface area contributed by atoms with Gasteiger partial charge in [-0.15, -0.1) is 0 Å². The molecular formula is C21H21Cl2N. The fourth-order valence-corrected chi connectivity index (χ4v) is 3.23. The summed E-state index contributed by atoms with van der Waals surface area (Å²) in [6, 6.07) is 21.3. The van der Waals surface area contributed by atoms with Crippen LogP contribution in [0.25, 0.3) is 10.8 Å². The lowest BCUT2D eigenvalue weighted by Crippen LogP contribution is -2.26. The van der Waals surface area contributed by atoms with Crippen LogP contribution in [0.3, 0.4) is 0 Å². The Morgan fingerprint density at radius 2 is 1.71 bits per heavy atom. The lowest BCUT2D eigenvalue weighted by atomic mass is 10.0. The monoisotopic (exact) mass is 357 g/mol. The maximum absolute atomic E-state index is 6.08. The summed E-state index contributed by atoms with van der Waals surface area (Å²) >= 11 is 12.0. The molecule has 124 valence electrons. The van der Waals surface area contributed by atoms with Gasteiger partial charge < -0.3 is 5.32 Å². The van der Waals surface area contributed by atoms with Crippen LogP contribution in [0.1, 0.15) is 24.5 Å². The zero-order valence-electron chi connectivity index (χ0n) is 13.7. The standard InChI is InChI=1S/C21H21Cl2N/c1-15(9-10-16-11-12-20(22)21(23)13-16)24-14-18-7-4-6-17-5-2-3-8-19(17)18/h2-8,11-13,15,24H,9-10,14H2,1H3. The molecule has 0 heterocycles. The maximum atomic E-state index is 6.08. The quantitative estimate of drug-likeness (QED) is 0.549. The topological polar surface area (TPSA) is 12.0 Å². The Kier molecular flexibility index (Phi) is 5.78. The first-order valence-electron chi connectivity index (χ1n) is 8.27. The number of rotatable bonds is 6. The Morgan fingerprint density at radius 1 is 0.917 bits per heavy atom. The molecule has 0 spiro atoms. The van der Waals surface area contributed by atoms with E-state index in [0.717, 1.165) is 19.4 Å². The first kappa shape index (κ1) is 17.3. The zero-order chi connectivity index (χ0) is 16.9. The van der Waals surface area contributed by atoms with Crippen LogP contribution in [0, 0.1) is 0 Å². The van der Waals surface area contributed by atoms with Gasteiger partial charge in [-0.25, -0.2) is 0 Å². The van der Waals surface area contributed by atoms with Gasteiger partial charge in [-0.05, 0) is 53.8 Å².